The van der Waals surface area contributed by atoms with Gasteiger partial charge in [0.1, 0.15) is 0 Å². The molecule has 2 heterocycles. The van der Waals surface area contributed by atoms with Crippen molar-refractivity contribution in [3.8, 4) is 0 Å². The van der Waals surface area contributed by atoms with Crippen LogP contribution in [0.4, 0.5) is 0 Å². The van der Waals surface area contributed by atoms with Gasteiger partial charge in [0.25, 0.3) is 0 Å². The Morgan fingerprint density at radius 3 is 3.07 bits per heavy atom. The average Bonchev–Trinajstić information content (AvgIpc) is 2.47. The van der Waals surface area contributed by atoms with E-state index in [9.17, 15) is 0 Å². The van der Waals surface area contributed by atoms with E-state index in [1.54, 1.807) is 0 Å². The lowest BCUT2D eigenvalue weighted by molar-refractivity contribution is 0.726. The number of fused-ring (bicyclic) bond motifs is 1. The molecule has 1 atom stereocenters. The third-order valence-electron chi connectivity index (χ3n) is 2.02. The fourth-order valence-electron chi connectivity index (χ4n) is 1.46. The minimum Gasteiger partial charge on any atom is -0.328 e. The summed E-state index contributed by atoms with van der Waals surface area (Å²) < 4.78 is 3.01. The zero-order chi connectivity index (χ0) is 10.1. The van der Waals surface area contributed by atoms with Crippen LogP contribution in [0.5, 0.6) is 0 Å². The van der Waals surface area contributed by atoms with Gasteiger partial charge in [0, 0.05) is 24.9 Å². The van der Waals surface area contributed by atoms with E-state index in [1.807, 2.05) is 35.9 Å². The van der Waals surface area contributed by atoms with Crippen LogP contribution in [0.3, 0.4) is 0 Å². The van der Waals surface area contributed by atoms with E-state index in [1.165, 1.54) is 0 Å². The molecule has 0 aliphatic carbocycles. The van der Waals surface area contributed by atoms with Crippen LogP contribution in [0.2, 0.25) is 0 Å². The number of hydrogen-bond acceptors (Lipinski definition) is 2. The van der Waals surface area contributed by atoms with Crippen molar-refractivity contribution >= 4 is 21.6 Å². The molecule has 0 saturated carbocycles. The quantitative estimate of drug-likeness (QED) is 0.890. The van der Waals surface area contributed by atoms with Crippen molar-refractivity contribution in [3.05, 3.63) is 34.7 Å². The molecule has 0 bridgehead atoms. The van der Waals surface area contributed by atoms with Gasteiger partial charge in [-0.2, -0.15) is 0 Å². The first-order valence-electron chi connectivity index (χ1n) is 4.54. The summed E-state index contributed by atoms with van der Waals surface area (Å²) in [6, 6.07) is 4.12. The Kier molecular flexibility index (Phi) is 2.56. The first-order valence-corrected chi connectivity index (χ1v) is 5.34. The van der Waals surface area contributed by atoms with Crippen LogP contribution in [-0.2, 0) is 6.42 Å². The standard InChI is InChI=1S/C10H12BrN3/c1-7(12)5-8-6-14-4-2-3-9(11)10(14)13-8/h2-4,6-7H,5,12H2,1H3. The molecule has 0 amide bonds. The summed E-state index contributed by atoms with van der Waals surface area (Å²) in [7, 11) is 0. The van der Waals surface area contributed by atoms with E-state index in [-0.39, 0.29) is 6.04 Å². The molecule has 2 N–H and O–H groups in total. The third-order valence-corrected chi connectivity index (χ3v) is 2.64. The molecule has 3 nitrogen and oxygen atoms in total. The van der Waals surface area contributed by atoms with Gasteiger partial charge in [-0.3, -0.25) is 0 Å². The zero-order valence-electron chi connectivity index (χ0n) is 7.94. The van der Waals surface area contributed by atoms with Gasteiger partial charge in [0.2, 0.25) is 0 Å². The molecule has 14 heavy (non-hydrogen) atoms. The Morgan fingerprint density at radius 1 is 1.64 bits per heavy atom. The number of pyridine rings is 1. The molecule has 0 aromatic carbocycles. The molecule has 0 aliphatic heterocycles. The van der Waals surface area contributed by atoms with Gasteiger partial charge >= 0.3 is 0 Å². The number of hydrogen-bond donors (Lipinski definition) is 1. The zero-order valence-corrected chi connectivity index (χ0v) is 9.53. The lowest BCUT2D eigenvalue weighted by Gasteiger charge is -1.98. The smallest absolute Gasteiger partial charge is 0.151 e. The highest BCUT2D eigenvalue weighted by atomic mass is 79.9. The van der Waals surface area contributed by atoms with Crippen LogP contribution in [0, 0.1) is 0 Å². The molecule has 74 valence electrons. The predicted molar refractivity (Wildman–Crippen MR) is 60.2 cm³/mol. The van der Waals surface area contributed by atoms with Crippen molar-refractivity contribution in [1.82, 2.24) is 9.38 Å². The molecular weight excluding hydrogens is 242 g/mol. The summed E-state index contributed by atoms with van der Waals surface area (Å²) >= 11 is 3.46. The summed E-state index contributed by atoms with van der Waals surface area (Å²) in [6.07, 6.45) is 4.81. The summed E-state index contributed by atoms with van der Waals surface area (Å²) in [6.45, 7) is 1.99. The number of aromatic nitrogens is 2. The van der Waals surface area contributed by atoms with Crippen LogP contribution in [0.15, 0.2) is 29.0 Å². The van der Waals surface area contributed by atoms with E-state index >= 15 is 0 Å². The predicted octanol–water partition coefficient (Wildman–Crippen LogP) is 1.99. The third kappa shape index (κ3) is 1.81. The molecule has 2 aromatic rings. The van der Waals surface area contributed by atoms with Crippen molar-refractivity contribution in [1.29, 1.82) is 0 Å². The van der Waals surface area contributed by atoms with Crippen molar-refractivity contribution in [2.45, 2.75) is 19.4 Å². The van der Waals surface area contributed by atoms with Crippen LogP contribution in [0.1, 0.15) is 12.6 Å². The second-order valence-electron chi connectivity index (χ2n) is 3.50. The van der Waals surface area contributed by atoms with Gasteiger partial charge < -0.3 is 10.1 Å². The molecule has 1 unspecified atom stereocenters. The second kappa shape index (κ2) is 3.71. The fourth-order valence-corrected chi connectivity index (χ4v) is 1.90. The molecule has 4 heteroatoms. The number of halogens is 1. The highest BCUT2D eigenvalue weighted by molar-refractivity contribution is 9.10. The summed E-state index contributed by atoms with van der Waals surface area (Å²) in [5.41, 5.74) is 7.70. The normalized spacial score (nSPS) is 13.4. The Bertz CT molecular complexity index is 448. The van der Waals surface area contributed by atoms with Gasteiger partial charge in [-0.25, -0.2) is 4.98 Å². The van der Waals surface area contributed by atoms with Crippen LogP contribution in [0.25, 0.3) is 5.65 Å². The summed E-state index contributed by atoms with van der Waals surface area (Å²) in [4.78, 5) is 4.49. The topological polar surface area (TPSA) is 43.3 Å². The maximum absolute atomic E-state index is 5.72. The second-order valence-corrected chi connectivity index (χ2v) is 4.35. The molecule has 0 radical (unpaired) electrons. The largest absolute Gasteiger partial charge is 0.328 e. The van der Waals surface area contributed by atoms with Crippen LogP contribution >= 0.6 is 15.9 Å². The molecule has 2 aromatic heterocycles. The molecule has 0 fully saturated rings. The van der Waals surface area contributed by atoms with Gasteiger partial charge in [0.15, 0.2) is 5.65 Å². The van der Waals surface area contributed by atoms with E-state index in [2.05, 4.69) is 20.9 Å². The lowest BCUT2D eigenvalue weighted by Crippen LogP contribution is -2.17. The van der Waals surface area contributed by atoms with Crippen LogP contribution < -0.4 is 5.73 Å². The molecule has 0 spiro atoms. The molecule has 0 saturated heterocycles. The summed E-state index contributed by atoms with van der Waals surface area (Å²) in [5.74, 6) is 0. The highest BCUT2D eigenvalue weighted by Gasteiger charge is 2.05. The van der Waals surface area contributed by atoms with E-state index in [0.717, 1.165) is 22.2 Å². The van der Waals surface area contributed by atoms with Crippen LogP contribution in [-0.4, -0.2) is 15.4 Å². The van der Waals surface area contributed by atoms with Gasteiger partial charge in [-0.15, -0.1) is 0 Å². The summed E-state index contributed by atoms with van der Waals surface area (Å²) in [5, 5.41) is 0. The monoisotopic (exact) mass is 253 g/mol. The van der Waals surface area contributed by atoms with E-state index in [0.29, 0.717) is 0 Å². The number of rotatable bonds is 2. The van der Waals surface area contributed by atoms with Gasteiger partial charge in [0.05, 0.1) is 10.2 Å². The Hall–Kier alpha value is -0.870. The number of nitrogens with zero attached hydrogens (tertiary/aromatic N) is 2. The Morgan fingerprint density at radius 2 is 2.43 bits per heavy atom. The molecule has 2 rings (SSSR count). The first-order chi connectivity index (χ1) is 6.66. The van der Waals surface area contributed by atoms with E-state index < -0.39 is 0 Å². The average molecular weight is 254 g/mol. The number of nitrogens with two attached hydrogens (primary N) is 1. The van der Waals surface area contributed by atoms with Gasteiger partial charge in [-0.1, -0.05) is 0 Å². The minimum absolute atomic E-state index is 0.152. The lowest BCUT2D eigenvalue weighted by atomic mass is 10.2. The van der Waals surface area contributed by atoms with Crippen molar-refractivity contribution in [3.63, 3.8) is 0 Å². The minimum atomic E-state index is 0.152. The Labute approximate surface area is 91.1 Å². The first kappa shape index (κ1) is 9.68. The maximum Gasteiger partial charge on any atom is 0.151 e. The Balaban J connectivity index is 2.46. The maximum atomic E-state index is 5.72. The van der Waals surface area contributed by atoms with Crippen molar-refractivity contribution in [2.24, 2.45) is 5.73 Å². The fraction of sp³-hybridized carbons (Fsp3) is 0.300. The van der Waals surface area contributed by atoms with Crippen molar-refractivity contribution < 1.29 is 0 Å². The molecule has 0 aliphatic rings. The van der Waals surface area contributed by atoms with Crippen molar-refractivity contribution in [2.75, 3.05) is 0 Å². The number of imidazole rings is 1. The van der Waals surface area contributed by atoms with E-state index in [4.69, 9.17) is 5.73 Å². The van der Waals surface area contributed by atoms with Gasteiger partial charge in [-0.05, 0) is 35.0 Å². The molecular formula is C10H12BrN3. The highest BCUT2D eigenvalue weighted by Crippen LogP contribution is 2.17. The SMILES string of the molecule is CC(N)Cc1cn2cccc(Br)c2n1.